The molecule has 206 valence electrons. The van der Waals surface area contributed by atoms with Gasteiger partial charge < -0.3 is 15.7 Å². The summed E-state index contributed by atoms with van der Waals surface area (Å²) in [5.74, 6) is 2.25. The summed E-state index contributed by atoms with van der Waals surface area (Å²) in [5, 5.41) is 18.5. The maximum Gasteiger partial charge on any atom is 0.241 e. The molecule has 4 aromatic rings. The highest BCUT2D eigenvalue weighted by Gasteiger charge is 2.24. The van der Waals surface area contributed by atoms with E-state index in [-0.39, 0.29) is 6.61 Å². The molecule has 0 radical (unpaired) electrons. The van der Waals surface area contributed by atoms with Crippen molar-refractivity contribution in [3.05, 3.63) is 66.7 Å². The number of aliphatic hydroxyl groups is 1. The lowest BCUT2D eigenvalue weighted by atomic mass is 9.82. The predicted octanol–water partition coefficient (Wildman–Crippen LogP) is 5.16. The van der Waals surface area contributed by atoms with Gasteiger partial charge >= 0.3 is 0 Å². The molecule has 0 aliphatic heterocycles. The summed E-state index contributed by atoms with van der Waals surface area (Å²) < 4.78 is 29.0. The van der Waals surface area contributed by atoms with Crippen molar-refractivity contribution < 1.29 is 13.5 Å². The summed E-state index contributed by atoms with van der Waals surface area (Å²) >= 11 is 0. The Morgan fingerprint density at radius 1 is 0.769 bits per heavy atom. The first-order valence-electron chi connectivity index (χ1n) is 13.9. The number of nitrogens with one attached hydrogen (secondary N) is 3. The third-order valence-corrected chi connectivity index (χ3v) is 9.08. The van der Waals surface area contributed by atoms with E-state index >= 15 is 0 Å². The van der Waals surface area contributed by atoms with Crippen LogP contribution < -0.4 is 15.4 Å². The van der Waals surface area contributed by atoms with Crippen molar-refractivity contribution in [1.29, 1.82) is 0 Å². The molecule has 9 heteroatoms. The van der Waals surface area contributed by atoms with Crippen molar-refractivity contribution in [2.24, 2.45) is 11.8 Å². The van der Waals surface area contributed by atoms with Gasteiger partial charge in [0.15, 0.2) is 0 Å². The van der Waals surface area contributed by atoms with Gasteiger partial charge in [0.1, 0.15) is 5.82 Å². The third kappa shape index (κ3) is 6.84. The molecule has 1 aromatic heterocycles. The normalized spacial score (nSPS) is 17.9. The molecule has 39 heavy (non-hydrogen) atoms. The summed E-state index contributed by atoms with van der Waals surface area (Å²) in [6.07, 6.45) is 5.68. The highest BCUT2D eigenvalue weighted by Crippen LogP contribution is 2.30. The summed E-state index contributed by atoms with van der Waals surface area (Å²) in [7, 11) is -3.58. The predicted molar refractivity (Wildman–Crippen MR) is 157 cm³/mol. The Morgan fingerprint density at radius 3 is 2.26 bits per heavy atom. The van der Waals surface area contributed by atoms with Crippen molar-refractivity contribution in [2.45, 2.75) is 43.4 Å². The van der Waals surface area contributed by atoms with Crippen LogP contribution in [0, 0.1) is 11.8 Å². The van der Waals surface area contributed by atoms with E-state index in [4.69, 9.17) is 15.1 Å². The van der Waals surface area contributed by atoms with Gasteiger partial charge in [-0.25, -0.2) is 18.1 Å². The van der Waals surface area contributed by atoms with Gasteiger partial charge in [-0.2, -0.15) is 4.98 Å². The average molecular weight is 548 g/mol. The van der Waals surface area contributed by atoms with E-state index in [1.165, 1.54) is 0 Å². The number of sulfonamides is 1. The van der Waals surface area contributed by atoms with Crippen molar-refractivity contribution in [1.82, 2.24) is 14.7 Å². The van der Waals surface area contributed by atoms with Crippen LogP contribution >= 0.6 is 0 Å². The first kappa shape index (κ1) is 27.3. The molecule has 1 aliphatic rings. The average Bonchev–Trinajstić information content (AvgIpc) is 2.97. The van der Waals surface area contributed by atoms with E-state index in [0.717, 1.165) is 79.1 Å². The number of nitrogens with zero attached hydrogens (tertiary/aromatic N) is 2. The lowest BCUT2D eigenvalue weighted by Gasteiger charge is -2.28. The third-order valence-electron chi connectivity index (χ3n) is 7.60. The summed E-state index contributed by atoms with van der Waals surface area (Å²) in [4.78, 5) is 9.78. The second-order valence-electron chi connectivity index (χ2n) is 10.4. The van der Waals surface area contributed by atoms with Gasteiger partial charge in [0.05, 0.1) is 10.4 Å². The fourth-order valence-corrected chi connectivity index (χ4v) is 6.69. The zero-order valence-corrected chi connectivity index (χ0v) is 23.0. The minimum Gasteiger partial charge on any atom is -0.396 e. The zero-order chi connectivity index (χ0) is 27.1. The maximum atomic E-state index is 13.1. The molecule has 0 bridgehead atoms. The molecule has 8 nitrogen and oxygen atoms in total. The highest BCUT2D eigenvalue weighted by molar-refractivity contribution is 7.89. The molecule has 3 aromatic carbocycles. The van der Waals surface area contributed by atoms with Crippen molar-refractivity contribution in [2.75, 3.05) is 36.9 Å². The first-order valence-corrected chi connectivity index (χ1v) is 15.3. The number of hydrogen-bond acceptors (Lipinski definition) is 7. The first-order chi connectivity index (χ1) is 19.0. The number of fused-ring (bicyclic) bond motifs is 2. The molecule has 1 saturated carbocycles. The molecule has 0 spiro atoms. The van der Waals surface area contributed by atoms with E-state index < -0.39 is 10.0 Å². The van der Waals surface area contributed by atoms with Crippen molar-refractivity contribution >= 4 is 43.5 Å². The quantitative estimate of drug-likeness (QED) is 0.181. The fraction of sp³-hybridized carbons (Fsp3) is 0.400. The molecule has 0 amide bonds. The number of aliphatic hydroxyl groups excluding tert-OH is 1. The summed E-state index contributed by atoms with van der Waals surface area (Å²) in [6, 6.07) is 21.0. The fourth-order valence-electron chi connectivity index (χ4n) is 5.34. The Labute approximate surface area is 230 Å². The SMILES string of the molecule is O=S(=O)(NCC1CCC(CNc2nc(NCCCCO)c3ccccc3n2)CC1)c1cccc2ccccc12. The van der Waals surface area contributed by atoms with Crippen LogP contribution in [0.2, 0.25) is 0 Å². The number of anilines is 2. The van der Waals surface area contributed by atoms with Gasteiger partial charge in [0.25, 0.3) is 0 Å². The van der Waals surface area contributed by atoms with E-state index in [1.54, 1.807) is 12.1 Å². The van der Waals surface area contributed by atoms with Crippen LogP contribution in [0.3, 0.4) is 0 Å². The smallest absolute Gasteiger partial charge is 0.241 e. The number of rotatable bonds is 12. The largest absolute Gasteiger partial charge is 0.396 e. The molecule has 0 unspecified atom stereocenters. The zero-order valence-electron chi connectivity index (χ0n) is 22.1. The number of para-hydroxylation sites is 1. The Kier molecular flexibility index (Phi) is 8.91. The molecule has 0 saturated heterocycles. The number of hydrogen-bond donors (Lipinski definition) is 4. The minimum absolute atomic E-state index is 0.192. The van der Waals surface area contributed by atoms with Gasteiger partial charge in [0, 0.05) is 37.0 Å². The Bertz CT molecular complexity index is 1500. The molecule has 0 atom stereocenters. The number of unbranched alkanes of at least 4 members (excludes halogenated alkanes) is 1. The van der Waals surface area contributed by atoms with Crippen LogP contribution in [0.1, 0.15) is 38.5 Å². The van der Waals surface area contributed by atoms with Gasteiger partial charge in [-0.05, 0) is 73.9 Å². The molecular formula is C30H37N5O3S. The van der Waals surface area contributed by atoms with E-state index in [9.17, 15) is 8.42 Å². The van der Waals surface area contributed by atoms with Crippen LogP contribution in [0.4, 0.5) is 11.8 Å². The van der Waals surface area contributed by atoms with Crippen LogP contribution in [0.25, 0.3) is 21.7 Å². The highest BCUT2D eigenvalue weighted by atomic mass is 32.2. The van der Waals surface area contributed by atoms with Gasteiger partial charge in [-0.3, -0.25) is 0 Å². The standard InChI is InChI=1S/C30H37N5O3S/c36-19-6-5-18-31-29-26-11-3-4-12-27(26)34-30(35-29)32-20-22-14-16-23(17-15-22)21-33-39(37,38)28-13-7-9-24-8-1-2-10-25(24)28/h1-4,7-13,22-23,33,36H,5-6,14-21H2,(H2,31,32,34,35). The van der Waals surface area contributed by atoms with E-state index in [1.807, 2.05) is 54.6 Å². The van der Waals surface area contributed by atoms with Gasteiger partial charge in [-0.15, -0.1) is 0 Å². The topological polar surface area (TPSA) is 116 Å². The van der Waals surface area contributed by atoms with Crippen LogP contribution in [-0.2, 0) is 10.0 Å². The summed E-state index contributed by atoms with van der Waals surface area (Å²) in [5.41, 5.74) is 0.891. The number of benzene rings is 3. The second kappa shape index (κ2) is 12.7. The molecule has 1 heterocycles. The van der Waals surface area contributed by atoms with Crippen molar-refractivity contribution in [3.63, 3.8) is 0 Å². The minimum atomic E-state index is -3.58. The van der Waals surface area contributed by atoms with Gasteiger partial charge in [-0.1, -0.05) is 48.5 Å². The Morgan fingerprint density at radius 2 is 1.46 bits per heavy atom. The lowest BCUT2D eigenvalue weighted by Crippen LogP contribution is -2.32. The van der Waals surface area contributed by atoms with Crippen LogP contribution in [0.5, 0.6) is 0 Å². The van der Waals surface area contributed by atoms with E-state index in [2.05, 4.69) is 15.4 Å². The Hall–Kier alpha value is -3.27. The maximum absolute atomic E-state index is 13.1. The molecule has 1 fully saturated rings. The summed E-state index contributed by atoms with van der Waals surface area (Å²) in [6.45, 7) is 2.19. The molecule has 1 aliphatic carbocycles. The van der Waals surface area contributed by atoms with Gasteiger partial charge in [0.2, 0.25) is 16.0 Å². The number of aromatic nitrogens is 2. The lowest BCUT2D eigenvalue weighted by molar-refractivity contribution is 0.284. The molecular weight excluding hydrogens is 510 g/mol. The monoisotopic (exact) mass is 547 g/mol. The van der Waals surface area contributed by atoms with Crippen LogP contribution in [-0.4, -0.2) is 49.7 Å². The Balaban J connectivity index is 1.13. The molecule has 4 N–H and O–H groups in total. The van der Waals surface area contributed by atoms with E-state index in [0.29, 0.717) is 29.2 Å². The second-order valence-corrected chi connectivity index (χ2v) is 12.1. The van der Waals surface area contributed by atoms with Crippen molar-refractivity contribution in [3.8, 4) is 0 Å². The van der Waals surface area contributed by atoms with Crippen LogP contribution in [0.15, 0.2) is 71.6 Å². The molecule has 5 rings (SSSR count).